The predicted octanol–water partition coefficient (Wildman–Crippen LogP) is 3.20. The summed E-state index contributed by atoms with van der Waals surface area (Å²) in [7, 11) is 0. The van der Waals surface area contributed by atoms with E-state index in [1.54, 1.807) is 12.1 Å². The van der Waals surface area contributed by atoms with Gasteiger partial charge in [0.1, 0.15) is 0 Å². The van der Waals surface area contributed by atoms with E-state index in [0.29, 0.717) is 13.0 Å². The van der Waals surface area contributed by atoms with Crippen molar-refractivity contribution in [3.63, 3.8) is 0 Å². The fourth-order valence-electron chi connectivity index (χ4n) is 1.03. The van der Waals surface area contributed by atoms with Gasteiger partial charge in [0, 0.05) is 18.9 Å². The van der Waals surface area contributed by atoms with Crippen LogP contribution in [0.25, 0.3) is 0 Å². The van der Waals surface area contributed by atoms with E-state index >= 15 is 0 Å². The number of unbranched alkanes of at least 4 members (excludes halogenated alkanes) is 1. The molecule has 1 nitrogen and oxygen atoms in total. The molecule has 1 aromatic rings. The number of rotatable bonds is 4. The van der Waals surface area contributed by atoms with Gasteiger partial charge in [-0.15, -0.1) is 5.92 Å². The molecule has 15 heavy (non-hydrogen) atoms. The summed E-state index contributed by atoms with van der Waals surface area (Å²) < 4.78 is 18.2. The highest BCUT2D eigenvalue weighted by Crippen LogP contribution is 2.14. The lowest BCUT2D eigenvalue weighted by molar-refractivity contribution is 0.309. The van der Waals surface area contributed by atoms with Crippen LogP contribution in [-0.2, 0) is 0 Å². The van der Waals surface area contributed by atoms with Crippen LogP contribution in [0.4, 0.5) is 4.39 Å². The molecule has 0 fully saturated rings. The van der Waals surface area contributed by atoms with Crippen LogP contribution in [0.3, 0.4) is 0 Å². The van der Waals surface area contributed by atoms with E-state index in [1.807, 2.05) is 0 Å². The second-order valence-corrected chi connectivity index (χ2v) is 3.05. The van der Waals surface area contributed by atoms with E-state index in [9.17, 15) is 4.39 Å². The third-order valence-corrected chi connectivity index (χ3v) is 1.75. The van der Waals surface area contributed by atoms with Gasteiger partial charge >= 0.3 is 0 Å². The molecule has 1 aromatic carbocycles. The predicted molar refractivity (Wildman–Crippen MR) is 58.0 cm³/mol. The van der Waals surface area contributed by atoms with Crippen molar-refractivity contribution in [2.75, 3.05) is 6.61 Å². The Bertz CT molecular complexity index is 349. The minimum Gasteiger partial charge on any atom is -0.490 e. The van der Waals surface area contributed by atoms with Crippen molar-refractivity contribution < 1.29 is 9.13 Å². The molecule has 0 saturated carbocycles. The van der Waals surface area contributed by atoms with Crippen LogP contribution in [0.1, 0.15) is 26.2 Å². The standard InChI is InChI=1S/C13H14FO/c1-2-3-4-5-8-11-15-13-10-7-6-9-12(13)14/h6-7,10H,2-3,8,11H2,1H3. The van der Waals surface area contributed by atoms with Gasteiger partial charge in [0.2, 0.25) is 0 Å². The molecule has 0 N–H and O–H groups in total. The van der Waals surface area contributed by atoms with E-state index < -0.39 is 5.82 Å². The van der Waals surface area contributed by atoms with Crippen molar-refractivity contribution in [3.05, 3.63) is 30.1 Å². The maximum absolute atomic E-state index is 13.0. The number of ether oxygens (including phenoxy) is 1. The van der Waals surface area contributed by atoms with Gasteiger partial charge in [-0.2, -0.15) is 0 Å². The molecule has 1 rings (SSSR count). The summed E-state index contributed by atoms with van der Waals surface area (Å²) in [5, 5.41) is 0. The molecule has 0 heterocycles. The van der Waals surface area contributed by atoms with Gasteiger partial charge in [0.05, 0.1) is 6.61 Å². The quantitative estimate of drug-likeness (QED) is 0.541. The Kier molecular flexibility index (Phi) is 5.32. The molecule has 0 aliphatic carbocycles. The Morgan fingerprint density at radius 3 is 2.93 bits per heavy atom. The molecule has 0 aliphatic rings. The minimum absolute atomic E-state index is 0.245. The number of hydrogen-bond donors (Lipinski definition) is 0. The van der Waals surface area contributed by atoms with Crippen molar-refractivity contribution in [1.29, 1.82) is 0 Å². The zero-order valence-corrected chi connectivity index (χ0v) is 8.85. The van der Waals surface area contributed by atoms with E-state index in [0.717, 1.165) is 12.8 Å². The Morgan fingerprint density at radius 2 is 2.20 bits per heavy atom. The summed E-state index contributed by atoms with van der Waals surface area (Å²) in [6.45, 7) is 2.51. The first-order valence-electron chi connectivity index (χ1n) is 5.09. The maximum Gasteiger partial charge on any atom is 0.172 e. The lowest BCUT2D eigenvalue weighted by Crippen LogP contribution is -1.97. The molecule has 0 spiro atoms. The van der Waals surface area contributed by atoms with Gasteiger partial charge in [-0.3, -0.25) is 0 Å². The van der Waals surface area contributed by atoms with E-state index in [-0.39, 0.29) is 5.75 Å². The summed E-state index contributed by atoms with van der Waals surface area (Å²) in [4.78, 5) is 0. The van der Waals surface area contributed by atoms with Crippen LogP contribution in [0, 0.1) is 23.7 Å². The topological polar surface area (TPSA) is 9.23 Å². The highest BCUT2D eigenvalue weighted by Gasteiger charge is 1.99. The third-order valence-electron chi connectivity index (χ3n) is 1.75. The second kappa shape index (κ2) is 6.89. The Hall–Kier alpha value is -1.49. The average molecular weight is 205 g/mol. The fourth-order valence-corrected chi connectivity index (χ4v) is 1.03. The van der Waals surface area contributed by atoms with Crippen LogP contribution in [-0.4, -0.2) is 6.61 Å². The molecule has 0 saturated heterocycles. The summed E-state index contributed by atoms with van der Waals surface area (Å²) in [6.07, 6.45) is 2.61. The molecule has 2 heteroatoms. The zero-order valence-electron chi connectivity index (χ0n) is 8.85. The van der Waals surface area contributed by atoms with Gasteiger partial charge in [-0.1, -0.05) is 25.0 Å². The molecule has 0 aliphatic heterocycles. The molecule has 0 bridgehead atoms. The molecular weight excluding hydrogens is 191 g/mol. The van der Waals surface area contributed by atoms with Gasteiger partial charge in [-0.25, -0.2) is 4.39 Å². The second-order valence-electron chi connectivity index (χ2n) is 3.05. The Morgan fingerprint density at radius 1 is 1.40 bits per heavy atom. The summed E-state index contributed by atoms with van der Waals surface area (Å²) >= 11 is 0. The largest absolute Gasteiger partial charge is 0.490 e. The van der Waals surface area contributed by atoms with Crippen LogP contribution in [0.5, 0.6) is 5.75 Å². The first-order valence-corrected chi connectivity index (χ1v) is 5.09. The normalized spacial score (nSPS) is 9.20. The van der Waals surface area contributed by atoms with Crippen LogP contribution >= 0.6 is 0 Å². The highest BCUT2D eigenvalue weighted by atomic mass is 19.1. The Balaban J connectivity index is 2.27. The molecule has 0 atom stereocenters. The van der Waals surface area contributed by atoms with Crippen LogP contribution in [0.15, 0.2) is 18.2 Å². The molecular formula is C13H14FO. The fraction of sp³-hybridized carbons (Fsp3) is 0.385. The van der Waals surface area contributed by atoms with Crippen LogP contribution in [0.2, 0.25) is 0 Å². The summed E-state index contributed by atoms with van der Waals surface area (Å²) in [5.74, 6) is 5.77. The van der Waals surface area contributed by atoms with Crippen LogP contribution < -0.4 is 4.74 Å². The smallest absolute Gasteiger partial charge is 0.172 e. The van der Waals surface area contributed by atoms with E-state index in [2.05, 4.69) is 24.8 Å². The van der Waals surface area contributed by atoms with E-state index in [1.165, 1.54) is 6.07 Å². The van der Waals surface area contributed by atoms with Gasteiger partial charge in [0.25, 0.3) is 0 Å². The van der Waals surface area contributed by atoms with Crippen molar-refractivity contribution >= 4 is 0 Å². The number of benzene rings is 1. The van der Waals surface area contributed by atoms with E-state index in [4.69, 9.17) is 4.74 Å². The molecule has 0 amide bonds. The Labute approximate surface area is 90.3 Å². The van der Waals surface area contributed by atoms with Gasteiger partial charge < -0.3 is 4.74 Å². The van der Waals surface area contributed by atoms with Crippen molar-refractivity contribution in [3.8, 4) is 17.6 Å². The van der Waals surface area contributed by atoms with Crippen molar-refractivity contribution in [2.24, 2.45) is 0 Å². The lowest BCUT2D eigenvalue weighted by atomic mass is 10.3. The van der Waals surface area contributed by atoms with Crippen molar-refractivity contribution in [1.82, 2.24) is 0 Å². The first-order chi connectivity index (χ1) is 7.34. The average Bonchev–Trinajstić information content (AvgIpc) is 2.25. The number of hydrogen-bond acceptors (Lipinski definition) is 1. The lowest BCUT2D eigenvalue weighted by Gasteiger charge is -2.03. The van der Waals surface area contributed by atoms with Gasteiger partial charge in [0.15, 0.2) is 11.6 Å². The third kappa shape index (κ3) is 4.51. The highest BCUT2D eigenvalue weighted by molar-refractivity contribution is 5.22. The minimum atomic E-state index is -0.445. The van der Waals surface area contributed by atoms with Crippen molar-refractivity contribution in [2.45, 2.75) is 26.2 Å². The zero-order chi connectivity index (χ0) is 10.9. The SMILES string of the molecule is CCCC#CCCOc1ccc[c]c1F. The molecule has 1 radical (unpaired) electrons. The molecule has 0 unspecified atom stereocenters. The summed E-state index contributed by atoms with van der Waals surface area (Å²) in [6, 6.07) is 7.23. The first kappa shape index (κ1) is 11.6. The number of halogens is 1. The molecule has 0 aromatic heterocycles. The maximum atomic E-state index is 13.0. The molecule has 79 valence electrons. The van der Waals surface area contributed by atoms with Gasteiger partial charge in [-0.05, 0) is 12.5 Å². The monoisotopic (exact) mass is 205 g/mol. The summed E-state index contributed by atoms with van der Waals surface area (Å²) in [5.41, 5.74) is 0.